The van der Waals surface area contributed by atoms with Crippen molar-refractivity contribution in [2.24, 2.45) is 0 Å². The van der Waals surface area contributed by atoms with Crippen LogP contribution in [0.3, 0.4) is 0 Å². The van der Waals surface area contributed by atoms with Crippen molar-refractivity contribution < 1.29 is 9.53 Å². The quantitative estimate of drug-likeness (QED) is 0.596. The summed E-state index contributed by atoms with van der Waals surface area (Å²) in [6, 6.07) is 16.4. The molecule has 2 fully saturated rings. The van der Waals surface area contributed by atoms with E-state index in [9.17, 15) is 4.79 Å². The summed E-state index contributed by atoms with van der Waals surface area (Å²) in [6.07, 6.45) is 3.79. The first kappa shape index (κ1) is 22.0. The first-order valence-electron chi connectivity index (χ1n) is 11.6. The topological polar surface area (TPSA) is 70.6 Å². The Bertz CT molecular complexity index is 1060. The maximum atomic E-state index is 12.7. The smallest absolute Gasteiger partial charge is 0.236 e. The Hall–Kier alpha value is -2.81. The molecule has 4 heterocycles. The molecule has 1 N–H and O–H groups in total. The first-order chi connectivity index (χ1) is 16.2. The minimum atomic E-state index is 0.233. The van der Waals surface area contributed by atoms with E-state index in [1.54, 1.807) is 11.3 Å². The summed E-state index contributed by atoms with van der Waals surface area (Å²) < 4.78 is 5.38. The Kier molecular flexibility index (Phi) is 6.95. The van der Waals surface area contributed by atoms with Crippen LogP contribution < -0.4 is 5.32 Å². The van der Waals surface area contributed by atoms with Gasteiger partial charge in [-0.05, 0) is 30.5 Å². The Morgan fingerprint density at radius 3 is 2.61 bits per heavy atom. The Labute approximate surface area is 198 Å². The lowest BCUT2D eigenvalue weighted by Crippen LogP contribution is -2.46. The second-order valence-corrected chi connectivity index (χ2v) is 9.54. The molecule has 0 aliphatic carbocycles. The molecule has 3 aromatic rings. The normalized spacial score (nSPS) is 17.8. The number of carbonyl (C=O) groups excluding carboxylic acids is 1. The van der Waals surface area contributed by atoms with E-state index in [-0.39, 0.29) is 5.91 Å². The number of thiazole rings is 1. The lowest BCUT2D eigenvalue weighted by atomic mass is 9.93. The minimum absolute atomic E-state index is 0.233. The average molecular weight is 464 g/mol. The number of likely N-dealkylation sites (tertiary alicyclic amines) is 1. The first-order valence-corrected chi connectivity index (χ1v) is 12.4. The minimum Gasteiger partial charge on any atom is -0.379 e. The number of ether oxygens (including phenoxy) is 1. The number of anilines is 2. The average Bonchev–Trinajstić information content (AvgIpc) is 3.34. The summed E-state index contributed by atoms with van der Waals surface area (Å²) in [5.41, 5.74) is 2.25. The fourth-order valence-corrected chi connectivity index (χ4v) is 5.23. The third-order valence-electron chi connectivity index (χ3n) is 6.30. The number of pyridine rings is 1. The van der Waals surface area contributed by atoms with Crippen LogP contribution in [-0.2, 0) is 9.53 Å². The van der Waals surface area contributed by atoms with Crippen LogP contribution in [0.25, 0.3) is 10.4 Å². The number of benzene rings is 1. The van der Waals surface area contributed by atoms with Gasteiger partial charge < -0.3 is 15.0 Å². The molecule has 33 heavy (non-hydrogen) atoms. The number of hydrogen-bond acceptors (Lipinski definition) is 7. The van der Waals surface area contributed by atoms with Gasteiger partial charge in [0.1, 0.15) is 5.82 Å². The zero-order chi connectivity index (χ0) is 22.5. The van der Waals surface area contributed by atoms with E-state index in [1.807, 2.05) is 41.4 Å². The lowest BCUT2D eigenvalue weighted by molar-refractivity contribution is -0.134. The molecule has 2 aliphatic rings. The lowest BCUT2D eigenvalue weighted by Gasteiger charge is -2.34. The van der Waals surface area contributed by atoms with Crippen molar-refractivity contribution in [3.8, 4) is 10.4 Å². The highest BCUT2D eigenvalue weighted by atomic mass is 32.1. The van der Waals surface area contributed by atoms with Crippen molar-refractivity contribution in [3.05, 3.63) is 60.4 Å². The number of carbonyl (C=O) groups is 1. The number of piperidine rings is 1. The third-order valence-corrected chi connectivity index (χ3v) is 7.26. The second-order valence-electron chi connectivity index (χ2n) is 8.51. The van der Waals surface area contributed by atoms with Crippen LogP contribution in [0.2, 0.25) is 0 Å². The number of morpholine rings is 1. The number of rotatable bonds is 6. The fraction of sp³-hybridized carbons (Fsp3) is 0.400. The zero-order valence-corrected chi connectivity index (χ0v) is 19.5. The molecule has 0 spiro atoms. The molecule has 2 aliphatic heterocycles. The van der Waals surface area contributed by atoms with Gasteiger partial charge in [0.25, 0.3) is 0 Å². The fourth-order valence-electron chi connectivity index (χ4n) is 4.40. The summed E-state index contributed by atoms with van der Waals surface area (Å²) in [5.74, 6) is 1.42. The van der Waals surface area contributed by atoms with Crippen LogP contribution in [0.15, 0.2) is 54.7 Å². The SMILES string of the molecule is O=C(CN1CCOCC1)N1CCC(c2cccc(Nc3ncc(-c4ccccc4)s3)n2)CC1. The van der Waals surface area contributed by atoms with Crippen LogP contribution in [0, 0.1) is 0 Å². The third kappa shape index (κ3) is 5.58. The highest BCUT2D eigenvalue weighted by Gasteiger charge is 2.26. The molecule has 0 unspecified atom stereocenters. The molecule has 1 amide bonds. The van der Waals surface area contributed by atoms with Crippen LogP contribution in [-0.4, -0.2) is 71.6 Å². The van der Waals surface area contributed by atoms with Crippen LogP contribution >= 0.6 is 11.3 Å². The van der Waals surface area contributed by atoms with E-state index in [0.29, 0.717) is 12.5 Å². The molecule has 2 aromatic heterocycles. The van der Waals surface area contributed by atoms with E-state index in [0.717, 1.165) is 73.8 Å². The Balaban J connectivity index is 1.16. The molecule has 5 rings (SSSR count). The molecule has 2 saturated heterocycles. The maximum absolute atomic E-state index is 12.7. The predicted molar refractivity (Wildman–Crippen MR) is 131 cm³/mol. The molecule has 0 atom stereocenters. The summed E-state index contributed by atoms with van der Waals surface area (Å²) in [6.45, 7) is 5.22. The van der Waals surface area contributed by atoms with Gasteiger partial charge in [0, 0.05) is 44.0 Å². The second kappa shape index (κ2) is 10.4. The highest BCUT2D eigenvalue weighted by Crippen LogP contribution is 2.31. The Morgan fingerprint density at radius 1 is 1.03 bits per heavy atom. The molecule has 1 aromatic carbocycles. The van der Waals surface area contributed by atoms with Crippen LogP contribution in [0.4, 0.5) is 10.9 Å². The van der Waals surface area contributed by atoms with Crippen molar-refractivity contribution in [1.29, 1.82) is 0 Å². The molecular weight excluding hydrogens is 434 g/mol. The molecule has 7 nitrogen and oxygen atoms in total. The molecule has 8 heteroatoms. The standard InChI is InChI=1S/C25H29N5O2S/c31-24(18-29-13-15-32-16-14-29)30-11-9-19(10-12-30)21-7-4-8-23(27-21)28-25-26-17-22(33-25)20-5-2-1-3-6-20/h1-8,17,19H,9-16,18H2,(H,26,27,28). The van der Waals surface area contributed by atoms with Crippen molar-refractivity contribution in [1.82, 2.24) is 19.8 Å². The van der Waals surface area contributed by atoms with Gasteiger partial charge in [0.2, 0.25) is 5.91 Å². The van der Waals surface area contributed by atoms with E-state index in [2.05, 4.69) is 33.4 Å². The van der Waals surface area contributed by atoms with Gasteiger partial charge in [0.15, 0.2) is 5.13 Å². The van der Waals surface area contributed by atoms with Crippen LogP contribution in [0.1, 0.15) is 24.5 Å². The van der Waals surface area contributed by atoms with Crippen LogP contribution in [0.5, 0.6) is 0 Å². The molecular formula is C25H29N5O2S. The summed E-state index contributed by atoms with van der Waals surface area (Å²) in [4.78, 5) is 27.4. The molecule has 0 radical (unpaired) electrons. The van der Waals surface area contributed by atoms with Crippen molar-refractivity contribution >= 4 is 28.2 Å². The van der Waals surface area contributed by atoms with E-state index < -0.39 is 0 Å². The highest BCUT2D eigenvalue weighted by molar-refractivity contribution is 7.18. The molecule has 0 saturated carbocycles. The molecule has 172 valence electrons. The predicted octanol–water partition coefficient (Wildman–Crippen LogP) is 3.99. The zero-order valence-electron chi connectivity index (χ0n) is 18.7. The van der Waals surface area contributed by atoms with Gasteiger partial charge in [-0.15, -0.1) is 0 Å². The van der Waals surface area contributed by atoms with Crippen molar-refractivity contribution in [2.45, 2.75) is 18.8 Å². The van der Waals surface area contributed by atoms with Gasteiger partial charge in [-0.3, -0.25) is 9.69 Å². The van der Waals surface area contributed by atoms with Gasteiger partial charge in [-0.1, -0.05) is 47.7 Å². The molecule has 0 bridgehead atoms. The number of aromatic nitrogens is 2. The summed E-state index contributed by atoms with van der Waals surface area (Å²) in [7, 11) is 0. The number of nitrogens with one attached hydrogen (secondary N) is 1. The van der Waals surface area contributed by atoms with Gasteiger partial charge >= 0.3 is 0 Å². The van der Waals surface area contributed by atoms with E-state index >= 15 is 0 Å². The monoisotopic (exact) mass is 463 g/mol. The Morgan fingerprint density at radius 2 is 1.82 bits per heavy atom. The summed E-state index contributed by atoms with van der Waals surface area (Å²) >= 11 is 1.62. The largest absolute Gasteiger partial charge is 0.379 e. The van der Waals surface area contributed by atoms with E-state index in [4.69, 9.17) is 9.72 Å². The number of hydrogen-bond donors (Lipinski definition) is 1. The van der Waals surface area contributed by atoms with E-state index in [1.165, 1.54) is 5.56 Å². The van der Waals surface area contributed by atoms with Gasteiger partial charge in [-0.2, -0.15) is 0 Å². The van der Waals surface area contributed by atoms with Crippen molar-refractivity contribution in [2.75, 3.05) is 51.3 Å². The maximum Gasteiger partial charge on any atom is 0.236 e. The van der Waals surface area contributed by atoms with Gasteiger partial charge in [-0.25, -0.2) is 9.97 Å². The summed E-state index contributed by atoms with van der Waals surface area (Å²) in [5, 5.41) is 4.20. The number of nitrogens with zero attached hydrogens (tertiary/aromatic N) is 4. The van der Waals surface area contributed by atoms with Crippen molar-refractivity contribution in [3.63, 3.8) is 0 Å². The van der Waals surface area contributed by atoms with Gasteiger partial charge in [0.05, 0.1) is 24.6 Å². The number of amides is 1.